The molecule has 222 valence electrons. The van der Waals surface area contributed by atoms with E-state index in [0.717, 1.165) is 69.3 Å². The van der Waals surface area contributed by atoms with Gasteiger partial charge in [0, 0.05) is 50.6 Å². The molecule has 0 saturated carbocycles. The molecule has 2 aromatic heterocycles. The fraction of sp³-hybridized carbons (Fsp3) is 0.419. The molecule has 1 N–H and O–H groups in total. The van der Waals surface area contributed by atoms with Crippen molar-refractivity contribution in [1.29, 1.82) is 0 Å². The average Bonchev–Trinajstić information content (AvgIpc) is 3.02. The Kier molecular flexibility index (Phi) is 9.28. The Morgan fingerprint density at radius 3 is 2.50 bits per heavy atom. The van der Waals surface area contributed by atoms with Crippen LogP contribution in [0.4, 0.5) is 27.3 Å². The Morgan fingerprint density at radius 2 is 1.81 bits per heavy atom. The van der Waals surface area contributed by atoms with Gasteiger partial charge in [0.2, 0.25) is 0 Å². The summed E-state index contributed by atoms with van der Waals surface area (Å²) in [5.74, 6) is -0.647. The van der Waals surface area contributed by atoms with Gasteiger partial charge in [0.15, 0.2) is 0 Å². The SMILES string of the molecule is CON(C(=O)c1cc(NC(=O)c2cc(F)cc(N3CCCCC3)c2)cnc1C)c1ccc(N(C)C2CCOCC2)nc1. The van der Waals surface area contributed by atoms with Gasteiger partial charge in [0.1, 0.15) is 11.6 Å². The molecule has 0 spiro atoms. The summed E-state index contributed by atoms with van der Waals surface area (Å²) in [4.78, 5) is 45.2. The highest BCUT2D eigenvalue weighted by atomic mass is 19.1. The summed E-state index contributed by atoms with van der Waals surface area (Å²) in [6.45, 7) is 4.83. The van der Waals surface area contributed by atoms with Gasteiger partial charge in [-0.1, -0.05) is 0 Å². The molecule has 3 aromatic rings. The van der Waals surface area contributed by atoms with E-state index in [1.165, 1.54) is 25.4 Å². The number of amides is 2. The van der Waals surface area contributed by atoms with Crippen LogP contribution in [0, 0.1) is 12.7 Å². The first-order valence-electron chi connectivity index (χ1n) is 14.3. The predicted octanol–water partition coefficient (Wildman–Crippen LogP) is 4.99. The number of benzene rings is 1. The number of ether oxygens (including phenoxy) is 1. The Bertz CT molecular complexity index is 1410. The highest BCUT2D eigenvalue weighted by molar-refractivity contribution is 6.08. The zero-order chi connectivity index (χ0) is 29.6. The van der Waals surface area contributed by atoms with Crippen LogP contribution < -0.4 is 20.2 Å². The molecule has 2 amide bonds. The highest BCUT2D eigenvalue weighted by Gasteiger charge is 2.24. The third-order valence-corrected chi connectivity index (χ3v) is 7.87. The van der Waals surface area contributed by atoms with Crippen LogP contribution in [0.25, 0.3) is 0 Å². The average molecular weight is 577 g/mol. The van der Waals surface area contributed by atoms with Crippen LogP contribution in [0.1, 0.15) is 58.5 Å². The molecule has 5 rings (SSSR count). The molecule has 4 heterocycles. The monoisotopic (exact) mass is 576 g/mol. The van der Waals surface area contributed by atoms with Crippen molar-refractivity contribution in [2.75, 3.05) is 60.6 Å². The maximum absolute atomic E-state index is 14.5. The molecule has 2 aliphatic heterocycles. The van der Waals surface area contributed by atoms with Gasteiger partial charge in [-0.2, -0.15) is 5.06 Å². The summed E-state index contributed by atoms with van der Waals surface area (Å²) in [6, 6.07) is 9.86. The number of piperidine rings is 1. The molecule has 0 atom stereocenters. The van der Waals surface area contributed by atoms with E-state index in [2.05, 4.69) is 25.1 Å². The van der Waals surface area contributed by atoms with Gasteiger partial charge in [-0.3, -0.25) is 19.4 Å². The van der Waals surface area contributed by atoms with E-state index in [-0.39, 0.29) is 11.1 Å². The van der Waals surface area contributed by atoms with Crippen molar-refractivity contribution in [1.82, 2.24) is 9.97 Å². The van der Waals surface area contributed by atoms with Crippen molar-refractivity contribution in [3.8, 4) is 0 Å². The van der Waals surface area contributed by atoms with Crippen LogP contribution >= 0.6 is 0 Å². The standard InChI is InChI=1S/C31H37FN6O4/c1-21-28(31(40)38(41-3)26-7-8-29(34-20-26)36(2)25-9-13-42-14-10-25)18-24(19-33-21)35-30(39)22-15-23(32)17-27(16-22)37-11-5-4-6-12-37/h7-8,15-20,25H,4-6,9-14H2,1-3H3,(H,35,39). The van der Waals surface area contributed by atoms with Crippen LogP contribution in [-0.4, -0.2) is 68.3 Å². The molecule has 1 aromatic carbocycles. The molecular weight excluding hydrogens is 539 g/mol. The van der Waals surface area contributed by atoms with E-state index in [0.29, 0.717) is 28.8 Å². The van der Waals surface area contributed by atoms with Crippen molar-refractivity contribution in [2.45, 2.75) is 45.1 Å². The summed E-state index contributed by atoms with van der Waals surface area (Å²) in [6.07, 6.45) is 8.14. The lowest BCUT2D eigenvalue weighted by atomic mass is 10.1. The van der Waals surface area contributed by atoms with E-state index >= 15 is 0 Å². The van der Waals surface area contributed by atoms with Crippen LogP contribution in [0.5, 0.6) is 0 Å². The second kappa shape index (κ2) is 13.3. The Balaban J connectivity index is 1.31. The predicted molar refractivity (Wildman–Crippen MR) is 160 cm³/mol. The zero-order valence-electron chi connectivity index (χ0n) is 24.3. The smallest absolute Gasteiger partial charge is 0.284 e. The number of pyridine rings is 2. The first-order valence-corrected chi connectivity index (χ1v) is 14.3. The quantitative estimate of drug-likeness (QED) is 0.375. The summed E-state index contributed by atoms with van der Waals surface area (Å²) in [5, 5.41) is 3.90. The number of hydrogen-bond donors (Lipinski definition) is 1. The van der Waals surface area contributed by atoms with Gasteiger partial charge in [-0.15, -0.1) is 0 Å². The largest absolute Gasteiger partial charge is 0.381 e. The first kappa shape index (κ1) is 29.4. The number of halogens is 1. The topological polar surface area (TPSA) is 100 Å². The molecule has 10 nitrogen and oxygen atoms in total. The molecule has 0 bridgehead atoms. The molecule has 0 unspecified atom stereocenters. The van der Waals surface area contributed by atoms with Crippen LogP contribution in [0.15, 0.2) is 48.8 Å². The molecular formula is C31H37FN6O4. The van der Waals surface area contributed by atoms with Gasteiger partial charge < -0.3 is 19.9 Å². The van der Waals surface area contributed by atoms with Crippen molar-refractivity contribution in [2.24, 2.45) is 0 Å². The van der Waals surface area contributed by atoms with Crippen molar-refractivity contribution in [3.63, 3.8) is 0 Å². The molecule has 42 heavy (non-hydrogen) atoms. The lowest BCUT2D eigenvalue weighted by Crippen LogP contribution is -2.37. The van der Waals surface area contributed by atoms with E-state index in [1.807, 2.05) is 13.1 Å². The van der Waals surface area contributed by atoms with Crippen LogP contribution in [0.3, 0.4) is 0 Å². The summed E-state index contributed by atoms with van der Waals surface area (Å²) >= 11 is 0. The lowest BCUT2D eigenvalue weighted by molar-refractivity contribution is 0.0771. The van der Waals surface area contributed by atoms with Crippen LogP contribution in [-0.2, 0) is 9.57 Å². The van der Waals surface area contributed by atoms with E-state index < -0.39 is 17.6 Å². The van der Waals surface area contributed by atoms with E-state index in [9.17, 15) is 14.0 Å². The number of hydrogen-bond acceptors (Lipinski definition) is 8. The summed E-state index contributed by atoms with van der Waals surface area (Å²) in [7, 11) is 3.41. The van der Waals surface area contributed by atoms with E-state index in [4.69, 9.17) is 9.57 Å². The number of carbonyl (C=O) groups is 2. The minimum atomic E-state index is -0.492. The maximum Gasteiger partial charge on any atom is 0.284 e. The fourth-order valence-electron chi connectivity index (χ4n) is 5.44. The van der Waals surface area contributed by atoms with Crippen molar-refractivity contribution < 1.29 is 23.6 Å². The van der Waals surface area contributed by atoms with E-state index in [1.54, 1.807) is 31.3 Å². The minimum Gasteiger partial charge on any atom is -0.381 e. The van der Waals surface area contributed by atoms with Gasteiger partial charge in [-0.05, 0) is 75.4 Å². The maximum atomic E-state index is 14.5. The molecule has 0 radical (unpaired) electrons. The molecule has 0 aliphatic carbocycles. The summed E-state index contributed by atoms with van der Waals surface area (Å²) in [5.41, 5.74) is 2.34. The first-order chi connectivity index (χ1) is 20.3. The lowest BCUT2D eigenvalue weighted by Gasteiger charge is -2.32. The fourth-order valence-corrected chi connectivity index (χ4v) is 5.44. The number of aryl methyl sites for hydroxylation is 1. The second-order valence-corrected chi connectivity index (χ2v) is 10.7. The number of anilines is 4. The minimum absolute atomic E-state index is 0.194. The second-order valence-electron chi connectivity index (χ2n) is 10.7. The third kappa shape index (κ3) is 6.69. The number of nitrogens with zero attached hydrogens (tertiary/aromatic N) is 5. The number of nitrogens with one attached hydrogen (secondary N) is 1. The van der Waals surface area contributed by atoms with Crippen LogP contribution in [0.2, 0.25) is 0 Å². The number of aromatic nitrogens is 2. The highest BCUT2D eigenvalue weighted by Crippen LogP contribution is 2.26. The zero-order valence-corrected chi connectivity index (χ0v) is 24.3. The number of carbonyl (C=O) groups excluding carboxylic acids is 2. The number of rotatable bonds is 8. The normalized spacial score (nSPS) is 15.8. The molecule has 11 heteroatoms. The summed E-state index contributed by atoms with van der Waals surface area (Å²) < 4.78 is 19.9. The van der Waals surface area contributed by atoms with Gasteiger partial charge >= 0.3 is 0 Å². The molecule has 2 fully saturated rings. The Morgan fingerprint density at radius 1 is 1.05 bits per heavy atom. The molecule has 2 aliphatic rings. The number of hydroxylamine groups is 1. The van der Waals surface area contributed by atoms with Gasteiger partial charge in [-0.25, -0.2) is 9.37 Å². The Labute approximate surface area is 245 Å². The molecule has 2 saturated heterocycles. The van der Waals surface area contributed by atoms with Gasteiger partial charge in [0.25, 0.3) is 11.8 Å². The Hall–Kier alpha value is -4.09. The van der Waals surface area contributed by atoms with Crippen molar-refractivity contribution in [3.05, 3.63) is 71.4 Å². The van der Waals surface area contributed by atoms with Crippen molar-refractivity contribution >= 4 is 34.7 Å². The third-order valence-electron chi connectivity index (χ3n) is 7.87. The van der Waals surface area contributed by atoms with Gasteiger partial charge in [0.05, 0.1) is 42.1 Å².